The molecule has 1 aromatic heterocycles. The maximum Gasteiger partial charge on any atom is 0.301 e. The van der Waals surface area contributed by atoms with Gasteiger partial charge in [0.15, 0.2) is 16.6 Å². The molecule has 1 amide bonds. The molecule has 4 aromatic carbocycles. The molecule has 220 valence electrons. The van der Waals surface area contributed by atoms with Gasteiger partial charge in [0.25, 0.3) is 5.78 Å². The van der Waals surface area contributed by atoms with Crippen molar-refractivity contribution in [3.8, 4) is 17.2 Å². The molecule has 44 heavy (non-hydrogen) atoms. The molecule has 0 unspecified atom stereocenters. The molecule has 0 radical (unpaired) electrons. The highest BCUT2D eigenvalue weighted by molar-refractivity contribution is 7.22. The van der Waals surface area contributed by atoms with Gasteiger partial charge in [-0.15, -0.1) is 0 Å². The van der Waals surface area contributed by atoms with Gasteiger partial charge in [0.1, 0.15) is 31.3 Å². The van der Waals surface area contributed by atoms with Crippen LogP contribution in [0.15, 0.2) is 90.5 Å². The summed E-state index contributed by atoms with van der Waals surface area (Å²) in [6.07, 6.45) is 0. The molecular formula is C35H28N2O6S. The summed E-state index contributed by atoms with van der Waals surface area (Å²) in [7, 11) is 0. The second-order valence-corrected chi connectivity index (χ2v) is 11.8. The van der Waals surface area contributed by atoms with Crippen molar-refractivity contribution in [3.05, 3.63) is 118 Å². The van der Waals surface area contributed by atoms with E-state index in [0.717, 1.165) is 26.9 Å². The molecule has 7 rings (SSSR count). The smallest absolute Gasteiger partial charge is 0.301 e. The number of aryl methyl sites for hydroxylation is 2. The Bertz CT molecular complexity index is 1950. The summed E-state index contributed by atoms with van der Waals surface area (Å²) in [6.45, 7) is 5.17. The number of Topliss-reactive ketones (excluding diaryl/α,β-unsaturated/α-hetero) is 1. The summed E-state index contributed by atoms with van der Waals surface area (Å²) < 4.78 is 18.2. The first-order valence-corrected chi connectivity index (χ1v) is 15.0. The zero-order valence-corrected chi connectivity index (χ0v) is 24.9. The number of ketones is 1. The van der Waals surface area contributed by atoms with Gasteiger partial charge in [-0.3, -0.25) is 14.5 Å². The first-order chi connectivity index (χ1) is 21.4. The quantitative estimate of drug-likeness (QED) is 0.128. The number of benzene rings is 4. The number of rotatable bonds is 6. The Balaban J connectivity index is 1.32. The number of nitrogens with zero attached hydrogens (tertiary/aromatic N) is 2. The lowest BCUT2D eigenvalue weighted by atomic mass is 9.95. The van der Waals surface area contributed by atoms with Crippen LogP contribution in [-0.2, 0) is 16.2 Å². The van der Waals surface area contributed by atoms with Crippen molar-refractivity contribution in [2.24, 2.45) is 0 Å². The minimum atomic E-state index is -0.923. The van der Waals surface area contributed by atoms with Gasteiger partial charge in [-0.1, -0.05) is 59.9 Å². The molecule has 0 aliphatic carbocycles. The third-order valence-corrected chi connectivity index (χ3v) is 8.73. The zero-order chi connectivity index (χ0) is 30.4. The van der Waals surface area contributed by atoms with Crippen molar-refractivity contribution in [2.45, 2.75) is 26.5 Å². The molecular weight excluding hydrogens is 576 g/mol. The minimum Gasteiger partial charge on any atom is -0.507 e. The van der Waals surface area contributed by atoms with E-state index >= 15 is 0 Å². The van der Waals surface area contributed by atoms with Crippen LogP contribution in [0.1, 0.15) is 33.9 Å². The highest BCUT2D eigenvalue weighted by Gasteiger charge is 2.48. The van der Waals surface area contributed by atoms with Crippen molar-refractivity contribution >= 4 is 44.1 Å². The van der Waals surface area contributed by atoms with E-state index in [1.165, 1.54) is 16.2 Å². The summed E-state index contributed by atoms with van der Waals surface area (Å²) in [6, 6.07) is 25.1. The maximum atomic E-state index is 13.8. The summed E-state index contributed by atoms with van der Waals surface area (Å²) in [5.41, 5.74) is 4.80. The van der Waals surface area contributed by atoms with E-state index in [-0.39, 0.29) is 11.3 Å². The zero-order valence-electron chi connectivity index (χ0n) is 24.1. The second kappa shape index (κ2) is 11.2. The number of hydrogen-bond donors (Lipinski definition) is 1. The fourth-order valence-electron chi connectivity index (χ4n) is 5.64. The SMILES string of the molecule is Cc1cc(C)c2nc(N3C(=O)C(=O)/C(=C(/O)c4ccc5c(c4)OCCO5)[C@H]3c3ccc(OCc4ccccc4)cc3)sc2c1. The van der Waals surface area contributed by atoms with Crippen LogP contribution in [0.3, 0.4) is 0 Å². The molecule has 1 N–H and O–H groups in total. The Labute approximate surface area is 257 Å². The molecule has 2 aliphatic heterocycles. The molecule has 0 saturated carbocycles. The number of aliphatic hydroxyl groups is 1. The van der Waals surface area contributed by atoms with Crippen molar-refractivity contribution in [3.63, 3.8) is 0 Å². The number of aromatic nitrogens is 1. The van der Waals surface area contributed by atoms with Crippen molar-refractivity contribution in [2.75, 3.05) is 18.1 Å². The minimum absolute atomic E-state index is 0.0307. The third kappa shape index (κ3) is 4.95. The normalized spacial score (nSPS) is 17.3. The molecule has 3 heterocycles. The van der Waals surface area contributed by atoms with Gasteiger partial charge in [-0.05, 0) is 72.5 Å². The number of fused-ring (bicyclic) bond motifs is 2. The second-order valence-electron chi connectivity index (χ2n) is 10.8. The maximum absolute atomic E-state index is 13.8. The number of amides is 1. The Morgan fingerprint density at radius 1 is 0.955 bits per heavy atom. The van der Waals surface area contributed by atoms with Crippen LogP contribution in [0.4, 0.5) is 5.13 Å². The number of carbonyl (C=O) groups is 2. The van der Waals surface area contributed by atoms with Crippen LogP contribution in [0, 0.1) is 13.8 Å². The van der Waals surface area contributed by atoms with Crippen LogP contribution in [0.25, 0.3) is 16.0 Å². The molecule has 5 aromatic rings. The molecule has 2 aliphatic rings. The monoisotopic (exact) mass is 604 g/mol. The fourth-order valence-corrected chi connectivity index (χ4v) is 6.81. The van der Waals surface area contributed by atoms with Crippen LogP contribution in [0.5, 0.6) is 17.2 Å². The summed E-state index contributed by atoms with van der Waals surface area (Å²) in [4.78, 5) is 33.7. The lowest BCUT2D eigenvalue weighted by Gasteiger charge is -2.23. The predicted octanol–water partition coefficient (Wildman–Crippen LogP) is 6.89. The van der Waals surface area contributed by atoms with E-state index in [9.17, 15) is 14.7 Å². The Morgan fingerprint density at radius 2 is 1.70 bits per heavy atom. The van der Waals surface area contributed by atoms with E-state index in [0.29, 0.717) is 53.3 Å². The van der Waals surface area contributed by atoms with Crippen LogP contribution < -0.4 is 19.1 Å². The van der Waals surface area contributed by atoms with E-state index in [4.69, 9.17) is 19.2 Å². The highest BCUT2D eigenvalue weighted by Crippen LogP contribution is 2.45. The van der Waals surface area contributed by atoms with E-state index < -0.39 is 17.7 Å². The third-order valence-electron chi connectivity index (χ3n) is 7.73. The fraction of sp³-hybridized carbons (Fsp3) is 0.171. The number of ether oxygens (including phenoxy) is 3. The number of thiazole rings is 1. The molecule has 0 bridgehead atoms. The Hall–Kier alpha value is -5.15. The van der Waals surface area contributed by atoms with Crippen molar-refractivity contribution in [1.29, 1.82) is 0 Å². The molecule has 0 spiro atoms. The topological polar surface area (TPSA) is 98.2 Å². The summed E-state index contributed by atoms with van der Waals surface area (Å²) >= 11 is 1.34. The van der Waals surface area contributed by atoms with Crippen LogP contribution >= 0.6 is 11.3 Å². The number of aliphatic hydroxyl groups excluding tert-OH is 1. The van der Waals surface area contributed by atoms with Gasteiger partial charge in [0.05, 0.1) is 21.8 Å². The molecule has 1 saturated heterocycles. The molecule has 8 nitrogen and oxygen atoms in total. The summed E-state index contributed by atoms with van der Waals surface area (Å²) in [5, 5.41) is 12.0. The average Bonchev–Trinajstić information content (AvgIpc) is 3.58. The van der Waals surface area contributed by atoms with Gasteiger partial charge < -0.3 is 19.3 Å². The lowest BCUT2D eigenvalue weighted by Crippen LogP contribution is -2.29. The first-order valence-electron chi connectivity index (χ1n) is 14.2. The molecule has 1 atom stereocenters. The van der Waals surface area contributed by atoms with Gasteiger partial charge in [-0.2, -0.15) is 0 Å². The predicted molar refractivity (Wildman–Crippen MR) is 169 cm³/mol. The molecule has 9 heteroatoms. The van der Waals surface area contributed by atoms with Gasteiger partial charge in [0, 0.05) is 5.56 Å². The van der Waals surface area contributed by atoms with E-state index in [2.05, 4.69) is 0 Å². The van der Waals surface area contributed by atoms with Gasteiger partial charge >= 0.3 is 5.91 Å². The highest BCUT2D eigenvalue weighted by atomic mass is 32.1. The molecule has 1 fully saturated rings. The number of anilines is 1. The Morgan fingerprint density at radius 3 is 2.48 bits per heavy atom. The van der Waals surface area contributed by atoms with Crippen LogP contribution in [0.2, 0.25) is 0 Å². The first kappa shape index (κ1) is 27.7. The van der Waals surface area contributed by atoms with Crippen LogP contribution in [-0.4, -0.2) is 35.0 Å². The standard InChI is InChI=1S/C35H28N2O6S/c1-20-16-21(2)30-28(17-20)44-35(36-30)37-31(23-8-11-25(12-9-23)43-19-22-6-4-3-5-7-22)29(33(39)34(37)40)32(38)24-10-13-26-27(18-24)42-15-14-41-26/h3-13,16-18,31,38H,14-15,19H2,1-2H3/b32-29+/t31-/m1/s1. The van der Waals surface area contributed by atoms with Gasteiger partial charge in [0.2, 0.25) is 0 Å². The van der Waals surface area contributed by atoms with E-state index in [1.807, 2.05) is 68.4 Å². The van der Waals surface area contributed by atoms with E-state index in [1.54, 1.807) is 30.3 Å². The lowest BCUT2D eigenvalue weighted by molar-refractivity contribution is -0.132. The Kier molecular flexibility index (Phi) is 7.02. The van der Waals surface area contributed by atoms with Crippen molar-refractivity contribution in [1.82, 2.24) is 4.98 Å². The number of hydrogen-bond acceptors (Lipinski definition) is 8. The average molecular weight is 605 g/mol. The number of carbonyl (C=O) groups excluding carboxylic acids is 2. The van der Waals surface area contributed by atoms with Crippen molar-refractivity contribution < 1.29 is 28.9 Å². The summed E-state index contributed by atoms with van der Waals surface area (Å²) in [5.74, 6) is -0.206. The van der Waals surface area contributed by atoms with Gasteiger partial charge in [-0.25, -0.2) is 4.98 Å². The largest absolute Gasteiger partial charge is 0.507 e.